The molecule has 2 aliphatic rings. The predicted molar refractivity (Wildman–Crippen MR) is 138 cm³/mol. The minimum absolute atomic E-state index is 0.295. The summed E-state index contributed by atoms with van der Waals surface area (Å²) in [6.07, 6.45) is 6.22. The molecule has 0 aromatic heterocycles. The van der Waals surface area contributed by atoms with Crippen LogP contribution in [0.1, 0.15) is 65.2 Å². The van der Waals surface area contributed by atoms with E-state index in [-0.39, 0.29) is 12.2 Å². The molecular weight excluding hydrogens is 638 g/mol. The van der Waals surface area contributed by atoms with E-state index in [0.717, 1.165) is 57.1 Å². The molecule has 0 saturated carbocycles. The van der Waals surface area contributed by atoms with E-state index < -0.39 is 0 Å². The molecule has 2 amide bonds. The van der Waals surface area contributed by atoms with Crippen LogP contribution in [0.4, 0.5) is 9.59 Å². The van der Waals surface area contributed by atoms with Crippen molar-refractivity contribution in [3.8, 4) is 12.1 Å². The minimum atomic E-state index is -0.295. The van der Waals surface area contributed by atoms with Gasteiger partial charge in [0, 0.05) is 0 Å². The number of allylic oxidation sites excluding steroid dienone is 2. The lowest BCUT2D eigenvalue weighted by atomic mass is 10.1. The maximum atomic E-state index is 11.4. The van der Waals surface area contributed by atoms with Gasteiger partial charge in [0.15, 0.2) is 0 Å². The summed E-state index contributed by atoms with van der Waals surface area (Å²) in [5, 5.41) is 17.5. The molecule has 0 radical (unpaired) electrons. The lowest BCUT2D eigenvalue weighted by Crippen LogP contribution is -2.21. The highest BCUT2D eigenvalue weighted by Crippen LogP contribution is 2.28. The first-order valence-corrected chi connectivity index (χ1v) is 12.9. The Kier molecular flexibility index (Phi) is 14.4. The third-order valence-electron chi connectivity index (χ3n) is 4.83. The largest absolute Gasteiger partial charge is 0.447 e. The average Bonchev–Trinajstić information content (AvgIpc) is 3.41. The van der Waals surface area contributed by atoms with Crippen LogP contribution in [0.2, 0.25) is 0 Å². The van der Waals surface area contributed by atoms with Crippen LogP contribution in [0.3, 0.4) is 0 Å². The number of cyclic esters (lactones) is 2. The Bertz CT molecular complexity index is 733. The molecule has 0 aromatic carbocycles. The SMILES string of the molecule is CCCC/C(CC#N)=C(\I)N1CCOC1=O.CCCC/C(CC#N)=C(\I)N1CCOC1=O. The van der Waals surface area contributed by atoms with Gasteiger partial charge in [-0.3, -0.25) is 9.80 Å². The fraction of sp³-hybridized carbons (Fsp3) is 0.636. The Morgan fingerprint density at radius 1 is 0.844 bits per heavy atom. The van der Waals surface area contributed by atoms with Gasteiger partial charge in [-0.05, 0) is 82.0 Å². The van der Waals surface area contributed by atoms with E-state index in [1.807, 2.05) is 0 Å². The first kappa shape index (κ1) is 28.5. The first-order chi connectivity index (χ1) is 15.4. The molecule has 0 spiro atoms. The number of ether oxygens (including phenoxy) is 2. The second kappa shape index (κ2) is 16.1. The quantitative estimate of drug-likeness (QED) is 0.198. The average molecular weight is 668 g/mol. The number of halogens is 2. The van der Waals surface area contributed by atoms with Crippen LogP contribution >= 0.6 is 45.2 Å². The molecular formula is C22H30I2N4O4. The van der Waals surface area contributed by atoms with Gasteiger partial charge in [-0.15, -0.1) is 0 Å². The smallest absolute Gasteiger partial charge is 0.414 e. The van der Waals surface area contributed by atoms with Gasteiger partial charge in [0.2, 0.25) is 0 Å². The van der Waals surface area contributed by atoms with Crippen molar-refractivity contribution in [1.82, 2.24) is 9.80 Å². The highest BCUT2D eigenvalue weighted by atomic mass is 127. The maximum absolute atomic E-state index is 11.4. The third kappa shape index (κ3) is 9.14. The van der Waals surface area contributed by atoms with E-state index in [2.05, 4.69) is 71.2 Å². The van der Waals surface area contributed by atoms with Crippen LogP contribution < -0.4 is 0 Å². The van der Waals surface area contributed by atoms with E-state index in [9.17, 15) is 9.59 Å². The standard InChI is InChI=1S/2C11H15IN2O2/c2*1-2-3-4-9(5-6-13)10(12)14-7-8-16-11(14)15/h2*2-5,7-8H2,1H3/b2*10-9-. The van der Waals surface area contributed by atoms with Crippen LogP contribution in [0.15, 0.2) is 18.6 Å². The van der Waals surface area contributed by atoms with Gasteiger partial charge in [-0.1, -0.05) is 26.7 Å². The van der Waals surface area contributed by atoms with Gasteiger partial charge in [-0.25, -0.2) is 9.59 Å². The number of amides is 2. The number of nitrogens with zero attached hydrogens (tertiary/aromatic N) is 4. The zero-order valence-electron chi connectivity index (χ0n) is 18.7. The summed E-state index contributed by atoms with van der Waals surface area (Å²) in [5.41, 5.74) is 2.09. The lowest BCUT2D eigenvalue weighted by Gasteiger charge is -2.15. The summed E-state index contributed by atoms with van der Waals surface area (Å²) >= 11 is 4.28. The fourth-order valence-electron chi connectivity index (χ4n) is 3.03. The molecule has 2 aliphatic heterocycles. The Morgan fingerprint density at radius 2 is 1.22 bits per heavy atom. The molecule has 0 aromatic rings. The summed E-state index contributed by atoms with van der Waals surface area (Å²) in [6.45, 7) is 6.30. The normalized spacial score (nSPS) is 16.8. The Labute approximate surface area is 217 Å². The number of nitriles is 2. The molecule has 0 unspecified atom stereocenters. The molecule has 10 heteroatoms. The van der Waals surface area contributed by atoms with E-state index >= 15 is 0 Å². The highest BCUT2D eigenvalue weighted by Gasteiger charge is 2.27. The molecule has 32 heavy (non-hydrogen) atoms. The summed E-state index contributed by atoms with van der Waals surface area (Å²) in [4.78, 5) is 26.0. The van der Waals surface area contributed by atoms with Crippen molar-refractivity contribution in [1.29, 1.82) is 10.5 Å². The van der Waals surface area contributed by atoms with Crippen molar-refractivity contribution in [2.24, 2.45) is 0 Å². The van der Waals surface area contributed by atoms with Crippen molar-refractivity contribution >= 4 is 57.4 Å². The van der Waals surface area contributed by atoms with Gasteiger partial charge in [0.1, 0.15) is 13.2 Å². The number of unbranched alkanes of at least 4 members (excludes halogenated alkanes) is 2. The third-order valence-corrected chi connectivity index (χ3v) is 7.52. The number of rotatable bonds is 10. The molecule has 2 saturated heterocycles. The van der Waals surface area contributed by atoms with Crippen LogP contribution in [-0.4, -0.2) is 48.3 Å². The van der Waals surface area contributed by atoms with Gasteiger partial charge in [0.25, 0.3) is 0 Å². The van der Waals surface area contributed by atoms with Crippen molar-refractivity contribution in [2.75, 3.05) is 26.3 Å². The molecule has 0 N–H and O–H groups in total. The van der Waals surface area contributed by atoms with Gasteiger partial charge >= 0.3 is 12.2 Å². The van der Waals surface area contributed by atoms with Crippen molar-refractivity contribution in [3.63, 3.8) is 0 Å². The summed E-state index contributed by atoms with van der Waals surface area (Å²) in [5.74, 6) is 0. The number of carbonyl (C=O) groups is 2. The van der Waals surface area contributed by atoms with Crippen molar-refractivity contribution in [3.05, 3.63) is 18.6 Å². The molecule has 176 valence electrons. The van der Waals surface area contributed by atoms with E-state index in [1.54, 1.807) is 9.80 Å². The molecule has 8 nitrogen and oxygen atoms in total. The van der Waals surface area contributed by atoms with Gasteiger partial charge < -0.3 is 9.47 Å². The van der Waals surface area contributed by atoms with E-state index in [1.165, 1.54) is 0 Å². The molecule has 0 atom stereocenters. The minimum Gasteiger partial charge on any atom is -0.447 e. The second-order valence-corrected chi connectivity index (χ2v) is 9.24. The van der Waals surface area contributed by atoms with E-state index in [0.29, 0.717) is 39.1 Å². The van der Waals surface area contributed by atoms with Crippen LogP contribution in [0.5, 0.6) is 0 Å². The molecule has 2 fully saturated rings. The number of carbonyl (C=O) groups excluding carboxylic acids is 2. The predicted octanol–water partition coefficient (Wildman–Crippen LogP) is 6.38. The molecule has 2 heterocycles. The highest BCUT2D eigenvalue weighted by molar-refractivity contribution is 14.1. The number of hydrogen-bond donors (Lipinski definition) is 0. The van der Waals surface area contributed by atoms with Crippen LogP contribution in [0.25, 0.3) is 0 Å². The molecule has 2 rings (SSSR count). The zero-order valence-corrected chi connectivity index (χ0v) is 23.0. The fourth-order valence-corrected chi connectivity index (χ4v) is 4.82. The lowest BCUT2D eigenvalue weighted by molar-refractivity contribution is 0.164. The first-order valence-electron chi connectivity index (χ1n) is 10.8. The number of hydrogen-bond acceptors (Lipinski definition) is 6. The molecule has 0 bridgehead atoms. The maximum Gasteiger partial charge on any atom is 0.414 e. The Morgan fingerprint density at radius 3 is 1.47 bits per heavy atom. The van der Waals surface area contributed by atoms with Gasteiger partial charge in [-0.2, -0.15) is 10.5 Å². The monoisotopic (exact) mass is 668 g/mol. The summed E-state index contributed by atoms with van der Waals surface area (Å²) in [6, 6.07) is 4.31. The van der Waals surface area contributed by atoms with Crippen LogP contribution in [0, 0.1) is 22.7 Å². The summed E-state index contributed by atoms with van der Waals surface area (Å²) < 4.78 is 11.5. The van der Waals surface area contributed by atoms with Gasteiger partial charge in [0.05, 0.1) is 45.5 Å². The molecule has 0 aliphatic carbocycles. The zero-order chi connectivity index (χ0) is 23.9. The topological polar surface area (TPSA) is 107 Å². The van der Waals surface area contributed by atoms with Crippen LogP contribution in [-0.2, 0) is 9.47 Å². The Balaban J connectivity index is 0.000000320. The Hall–Kier alpha value is -1.54. The second-order valence-electron chi connectivity index (χ2n) is 7.20. The van der Waals surface area contributed by atoms with Crippen molar-refractivity contribution < 1.29 is 19.1 Å². The van der Waals surface area contributed by atoms with E-state index in [4.69, 9.17) is 20.0 Å². The summed E-state index contributed by atoms with van der Waals surface area (Å²) in [7, 11) is 0. The van der Waals surface area contributed by atoms with Crippen molar-refractivity contribution in [2.45, 2.75) is 65.2 Å².